The lowest BCUT2D eigenvalue weighted by atomic mass is 10.1. The topological polar surface area (TPSA) is 65.4 Å². The Morgan fingerprint density at radius 1 is 1.10 bits per heavy atom. The van der Waals surface area contributed by atoms with Crippen molar-refractivity contribution >= 4 is 5.91 Å². The Balaban J connectivity index is 1.63. The third kappa shape index (κ3) is 4.91. The van der Waals surface area contributed by atoms with E-state index in [2.05, 4.69) is 10.4 Å². The third-order valence-electron chi connectivity index (χ3n) is 4.26. The number of benzene rings is 2. The van der Waals surface area contributed by atoms with Crippen molar-refractivity contribution in [2.24, 2.45) is 0 Å². The molecule has 158 valence electrons. The van der Waals surface area contributed by atoms with Gasteiger partial charge in [0.15, 0.2) is 17.2 Å². The molecule has 9 heteroatoms. The highest BCUT2D eigenvalue weighted by Crippen LogP contribution is 2.29. The van der Waals surface area contributed by atoms with Gasteiger partial charge in [-0.15, -0.1) is 0 Å². The lowest BCUT2D eigenvalue weighted by Gasteiger charge is -2.11. The smallest absolute Gasteiger partial charge is 0.435 e. The van der Waals surface area contributed by atoms with Gasteiger partial charge in [-0.25, -0.2) is 4.68 Å². The van der Waals surface area contributed by atoms with E-state index in [1.807, 2.05) is 6.92 Å². The van der Waals surface area contributed by atoms with Gasteiger partial charge in [0.25, 0.3) is 5.91 Å². The molecule has 30 heavy (non-hydrogen) atoms. The van der Waals surface area contributed by atoms with Crippen molar-refractivity contribution < 1.29 is 27.4 Å². The average molecular weight is 419 g/mol. The molecule has 0 spiro atoms. The highest BCUT2D eigenvalue weighted by Gasteiger charge is 2.33. The van der Waals surface area contributed by atoms with E-state index in [1.165, 1.54) is 13.3 Å². The maximum atomic E-state index is 12.7. The van der Waals surface area contributed by atoms with Crippen LogP contribution in [0.15, 0.2) is 54.7 Å². The maximum absolute atomic E-state index is 12.7. The van der Waals surface area contributed by atoms with Crippen LogP contribution in [0.1, 0.15) is 28.5 Å². The van der Waals surface area contributed by atoms with Crippen LogP contribution >= 0.6 is 0 Å². The second kappa shape index (κ2) is 8.89. The maximum Gasteiger partial charge on any atom is 0.435 e. The SMILES string of the molecule is CCOc1ccc(C(=O)NCc2ccc(-n3ccc(C(F)(F)F)n3)cc2)cc1OC. The molecule has 2 aromatic carbocycles. The fraction of sp³-hybridized carbons (Fsp3) is 0.238. The number of hydrogen-bond acceptors (Lipinski definition) is 4. The van der Waals surface area contributed by atoms with E-state index in [9.17, 15) is 18.0 Å². The number of aromatic nitrogens is 2. The Morgan fingerprint density at radius 3 is 2.43 bits per heavy atom. The molecule has 0 aliphatic rings. The predicted octanol–water partition coefficient (Wildman–Crippen LogP) is 4.23. The number of methoxy groups -OCH3 is 1. The van der Waals surface area contributed by atoms with Crippen LogP contribution in [-0.4, -0.2) is 29.4 Å². The molecular weight excluding hydrogens is 399 g/mol. The molecule has 3 aromatic rings. The number of nitrogens with zero attached hydrogens (tertiary/aromatic N) is 2. The van der Waals surface area contributed by atoms with Gasteiger partial charge in [0.2, 0.25) is 0 Å². The number of carbonyl (C=O) groups excluding carboxylic acids is 1. The second-order valence-corrected chi connectivity index (χ2v) is 6.29. The van der Waals surface area contributed by atoms with E-state index in [0.717, 1.165) is 16.3 Å². The Hall–Kier alpha value is -3.49. The number of hydrogen-bond donors (Lipinski definition) is 1. The standard InChI is InChI=1S/C21H20F3N3O3/c1-3-30-17-9-6-15(12-18(17)29-2)20(28)25-13-14-4-7-16(8-5-14)27-11-10-19(26-27)21(22,23)24/h4-12H,3,13H2,1-2H3,(H,25,28). The molecular formula is C21H20F3N3O3. The summed E-state index contributed by atoms with van der Waals surface area (Å²) in [5.74, 6) is 0.730. The molecule has 1 amide bonds. The molecule has 0 bridgehead atoms. The molecule has 0 saturated heterocycles. The summed E-state index contributed by atoms with van der Waals surface area (Å²) < 4.78 is 49.9. The number of carbonyl (C=O) groups is 1. The van der Waals surface area contributed by atoms with Gasteiger partial charge in [0, 0.05) is 18.3 Å². The molecule has 0 radical (unpaired) electrons. The van der Waals surface area contributed by atoms with Crippen molar-refractivity contribution in [3.63, 3.8) is 0 Å². The van der Waals surface area contributed by atoms with Crippen LogP contribution in [0.4, 0.5) is 13.2 Å². The third-order valence-corrected chi connectivity index (χ3v) is 4.26. The quantitative estimate of drug-likeness (QED) is 0.623. The highest BCUT2D eigenvalue weighted by molar-refractivity contribution is 5.94. The summed E-state index contributed by atoms with van der Waals surface area (Å²) in [7, 11) is 1.50. The molecule has 0 aliphatic heterocycles. The monoisotopic (exact) mass is 419 g/mol. The van der Waals surface area contributed by atoms with Gasteiger partial charge in [0.1, 0.15) is 0 Å². The molecule has 3 rings (SSSR count). The number of amides is 1. The molecule has 0 saturated carbocycles. The van der Waals surface area contributed by atoms with E-state index >= 15 is 0 Å². The molecule has 1 aromatic heterocycles. The molecule has 0 aliphatic carbocycles. The molecule has 1 heterocycles. The molecule has 6 nitrogen and oxygen atoms in total. The lowest BCUT2D eigenvalue weighted by molar-refractivity contribution is -0.141. The van der Waals surface area contributed by atoms with Gasteiger partial charge in [-0.3, -0.25) is 4.79 Å². The zero-order valence-electron chi connectivity index (χ0n) is 16.4. The fourth-order valence-electron chi connectivity index (χ4n) is 2.75. The second-order valence-electron chi connectivity index (χ2n) is 6.29. The minimum Gasteiger partial charge on any atom is -0.493 e. The first-order valence-corrected chi connectivity index (χ1v) is 9.13. The van der Waals surface area contributed by atoms with Gasteiger partial charge in [-0.2, -0.15) is 18.3 Å². The van der Waals surface area contributed by atoms with Crippen molar-refractivity contribution in [3.8, 4) is 17.2 Å². The van der Waals surface area contributed by atoms with Crippen molar-refractivity contribution in [3.05, 3.63) is 71.5 Å². The van der Waals surface area contributed by atoms with E-state index in [0.29, 0.717) is 29.4 Å². The molecule has 0 fully saturated rings. The largest absolute Gasteiger partial charge is 0.493 e. The average Bonchev–Trinajstić information content (AvgIpc) is 3.24. The minimum absolute atomic E-state index is 0.252. The van der Waals surface area contributed by atoms with Crippen LogP contribution in [0.2, 0.25) is 0 Å². The summed E-state index contributed by atoms with van der Waals surface area (Å²) in [6.45, 7) is 2.59. The van der Waals surface area contributed by atoms with Crippen molar-refractivity contribution in [2.45, 2.75) is 19.6 Å². The number of rotatable bonds is 7. The Kier molecular flexibility index (Phi) is 6.29. The zero-order valence-corrected chi connectivity index (χ0v) is 16.4. The van der Waals surface area contributed by atoms with Crippen molar-refractivity contribution in [1.29, 1.82) is 0 Å². The summed E-state index contributed by atoms with van der Waals surface area (Å²) in [5.41, 5.74) is 0.734. The first kappa shape index (κ1) is 21.2. The van der Waals surface area contributed by atoms with Crippen LogP contribution in [0, 0.1) is 0 Å². The zero-order chi connectivity index (χ0) is 21.7. The van der Waals surface area contributed by atoms with Crippen LogP contribution < -0.4 is 14.8 Å². The summed E-state index contributed by atoms with van der Waals surface area (Å²) in [4.78, 5) is 12.4. The number of alkyl halides is 3. The summed E-state index contributed by atoms with van der Waals surface area (Å²) in [6.07, 6.45) is -3.24. The van der Waals surface area contributed by atoms with Gasteiger partial charge in [-0.05, 0) is 48.9 Å². The number of halogens is 3. The molecule has 0 atom stereocenters. The minimum atomic E-state index is -4.49. The summed E-state index contributed by atoms with van der Waals surface area (Å²) in [6, 6.07) is 12.5. The first-order valence-electron chi connectivity index (χ1n) is 9.13. The van der Waals surface area contributed by atoms with Crippen LogP contribution in [0.25, 0.3) is 5.69 Å². The van der Waals surface area contributed by atoms with Crippen LogP contribution in [-0.2, 0) is 12.7 Å². The van der Waals surface area contributed by atoms with Gasteiger partial charge in [-0.1, -0.05) is 12.1 Å². The summed E-state index contributed by atoms with van der Waals surface area (Å²) in [5, 5.41) is 6.33. The normalized spacial score (nSPS) is 11.2. The van der Waals surface area contributed by atoms with Gasteiger partial charge >= 0.3 is 6.18 Å². The van der Waals surface area contributed by atoms with Crippen LogP contribution in [0.5, 0.6) is 11.5 Å². The van der Waals surface area contributed by atoms with Crippen molar-refractivity contribution in [2.75, 3.05) is 13.7 Å². The van der Waals surface area contributed by atoms with E-state index in [1.54, 1.807) is 42.5 Å². The number of ether oxygens (including phenoxy) is 2. The molecule has 1 N–H and O–H groups in total. The van der Waals surface area contributed by atoms with Gasteiger partial charge in [0.05, 0.1) is 19.4 Å². The van der Waals surface area contributed by atoms with Crippen LogP contribution in [0.3, 0.4) is 0 Å². The Bertz CT molecular complexity index is 1010. The fourth-order valence-corrected chi connectivity index (χ4v) is 2.75. The lowest BCUT2D eigenvalue weighted by Crippen LogP contribution is -2.22. The van der Waals surface area contributed by atoms with E-state index in [-0.39, 0.29) is 12.5 Å². The first-order chi connectivity index (χ1) is 14.3. The van der Waals surface area contributed by atoms with E-state index in [4.69, 9.17) is 9.47 Å². The number of nitrogens with one attached hydrogen (secondary N) is 1. The van der Waals surface area contributed by atoms with Gasteiger partial charge < -0.3 is 14.8 Å². The van der Waals surface area contributed by atoms with E-state index < -0.39 is 11.9 Å². The Morgan fingerprint density at radius 2 is 1.83 bits per heavy atom. The summed E-state index contributed by atoms with van der Waals surface area (Å²) >= 11 is 0. The van der Waals surface area contributed by atoms with Crippen molar-refractivity contribution in [1.82, 2.24) is 15.1 Å². The predicted molar refractivity (Wildman–Crippen MR) is 104 cm³/mol. The molecule has 0 unspecified atom stereocenters. The highest BCUT2D eigenvalue weighted by atomic mass is 19.4. The Labute approximate surface area is 171 Å².